The number of nitrogens with zero attached hydrogens (tertiary/aromatic N) is 1. The summed E-state index contributed by atoms with van der Waals surface area (Å²) in [7, 11) is 3.17. The highest BCUT2D eigenvalue weighted by molar-refractivity contribution is 14.0. The van der Waals surface area contributed by atoms with Gasteiger partial charge >= 0.3 is 0 Å². The van der Waals surface area contributed by atoms with E-state index in [0.29, 0.717) is 36.2 Å². The van der Waals surface area contributed by atoms with Gasteiger partial charge in [0.2, 0.25) is 0 Å². The molecule has 1 saturated heterocycles. The molecule has 0 amide bonds. The summed E-state index contributed by atoms with van der Waals surface area (Å²) in [4.78, 5) is 4.48. The van der Waals surface area contributed by atoms with Crippen molar-refractivity contribution in [2.45, 2.75) is 32.0 Å². The Kier molecular flexibility index (Phi) is 13.0. The number of halogens is 1. The molecule has 29 heavy (non-hydrogen) atoms. The molecule has 1 fully saturated rings. The summed E-state index contributed by atoms with van der Waals surface area (Å²) < 4.78 is 21.6. The van der Waals surface area contributed by atoms with Crippen molar-refractivity contribution in [3.8, 4) is 11.5 Å². The summed E-state index contributed by atoms with van der Waals surface area (Å²) in [6.45, 7) is 5.85. The van der Waals surface area contributed by atoms with Gasteiger partial charge in [-0.25, -0.2) is 0 Å². The number of ether oxygens (including phenoxy) is 4. The van der Waals surface area contributed by atoms with Crippen LogP contribution in [-0.2, 0) is 9.47 Å². The van der Waals surface area contributed by atoms with Crippen molar-refractivity contribution in [2.75, 3.05) is 53.7 Å². The van der Waals surface area contributed by atoms with E-state index < -0.39 is 6.10 Å². The zero-order chi connectivity index (χ0) is 20.2. The molecule has 1 aliphatic rings. The van der Waals surface area contributed by atoms with Gasteiger partial charge in [0.15, 0.2) is 5.96 Å². The molecule has 2 atom stereocenters. The second kappa shape index (κ2) is 14.6. The first-order valence-electron chi connectivity index (χ1n) is 9.79. The topological polar surface area (TPSA) is 93.6 Å². The van der Waals surface area contributed by atoms with Crippen molar-refractivity contribution in [1.82, 2.24) is 10.6 Å². The summed E-state index contributed by atoms with van der Waals surface area (Å²) in [6, 6.07) is 5.34. The van der Waals surface area contributed by atoms with E-state index in [1.165, 1.54) is 0 Å². The predicted molar refractivity (Wildman–Crippen MR) is 124 cm³/mol. The standard InChI is InChI=1S/C20H33N3O5.HI/c1-4-21-20(22-9-5-10-28-16-8-11-27-14-16)23-13-18(24)17-12-15(25-2)6-7-19(17)26-3;/h6-7,12,16,18,24H,4-5,8-11,13-14H2,1-3H3,(H2,21,22,23);1H. The number of aliphatic hydroxyl groups is 1. The summed E-state index contributed by atoms with van der Waals surface area (Å²) >= 11 is 0. The Labute approximate surface area is 190 Å². The molecule has 1 heterocycles. The van der Waals surface area contributed by atoms with Gasteiger partial charge in [0.1, 0.15) is 17.6 Å². The van der Waals surface area contributed by atoms with E-state index in [1.807, 2.05) is 6.92 Å². The minimum Gasteiger partial charge on any atom is -0.497 e. The van der Waals surface area contributed by atoms with Crippen LogP contribution in [0.2, 0.25) is 0 Å². The molecule has 0 spiro atoms. The lowest BCUT2D eigenvalue weighted by atomic mass is 10.1. The normalized spacial score (nSPS) is 17.4. The van der Waals surface area contributed by atoms with Gasteiger partial charge in [-0.2, -0.15) is 0 Å². The largest absolute Gasteiger partial charge is 0.497 e. The van der Waals surface area contributed by atoms with E-state index in [2.05, 4.69) is 15.6 Å². The molecule has 0 bridgehead atoms. The van der Waals surface area contributed by atoms with E-state index in [-0.39, 0.29) is 36.6 Å². The van der Waals surface area contributed by atoms with Gasteiger partial charge in [0.05, 0.1) is 33.5 Å². The highest BCUT2D eigenvalue weighted by Crippen LogP contribution is 2.29. The molecule has 0 radical (unpaired) electrons. The van der Waals surface area contributed by atoms with Crippen LogP contribution in [0, 0.1) is 0 Å². The third kappa shape index (κ3) is 8.93. The molecular weight excluding hydrogens is 489 g/mol. The van der Waals surface area contributed by atoms with E-state index in [0.717, 1.165) is 32.5 Å². The molecule has 2 rings (SSSR count). The van der Waals surface area contributed by atoms with Crippen molar-refractivity contribution in [2.24, 2.45) is 4.99 Å². The van der Waals surface area contributed by atoms with Crippen LogP contribution in [0.4, 0.5) is 0 Å². The van der Waals surface area contributed by atoms with Crippen LogP contribution < -0.4 is 20.1 Å². The smallest absolute Gasteiger partial charge is 0.191 e. The Morgan fingerprint density at radius 3 is 2.79 bits per heavy atom. The van der Waals surface area contributed by atoms with Gasteiger partial charge in [0, 0.05) is 31.9 Å². The summed E-state index contributed by atoms with van der Waals surface area (Å²) in [5, 5.41) is 17.0. The molecule has 1 aromatic carbocycles. The Morgan fingerprint density at radius 2 is 2.14 bits per heavy atom. The molecule has 1 aliphatic heterocycles. The number of hydrogen-bond acceptors (Lipinski definition) is 6. The number of guanidine groups is 1. The zero-order valence-electron chi connectivity index (χ0n) is 17.5. The second-order valence-corrected chi connectivity index (χ2v) is 6.48. The summed E-state index contributed by atoms with van der Waals surface area (Å²) in [6.07, 6.45) is 1.28. The fourth-order valence-corrected chi connectivity index (χ4v) is 2.89. The molecule has 2 unspecified atom stereocenters. The minimum atomic E-state index is -0.800. The van der Waals surface area contributed by atoms with Gasteiger partial charge in [-0.15, -0.1) is 24.0 Å². The molecular formula is C20H34IN3O5. The Balaban J connectivity index is 0.00000420. The first-order valence-corrected chi connectivity index (χ1v) is 9.79. The highest BCUT2D eigenvalue weighted by atomic mass is 127. The van der Waals surface area contributed by atoms with Crippen LogP contribution in [0.25, 0.3) is 0 Å². The number of methoxy groups -OCH3 is 2. The SMILES string of the molecule is CCNC(=NCC(O)c1cc(OC)ccc1OC)NCCCOC1CCOC1.I. The quantitative estimate of drug-likeness (QED) is 0.177. The fraction of sp³-hybridized carbons (Fsp3) is 0.650. The van der Waals surface area contributed by atoms with Crippen LogP contribution in [0.5, 0.6) is 11.5 Å². The number of rotatable bonds is 11. The number of nitrogens with one attached hydrogen (secondary N) is 2. The van der Waals surface area contributed by atoms with Crippen molar-refractivity contribution in [1.29, 1.82) is 0 Å². The average Bonchev–Trinajstić information content (AvgIpc) is 3.24. The maximum absolute atomic E-state index is 10.6. The predicted octanol–water partition coefficient (Wildman–Crippen LogP) is 2.11. The van der Waals surface area contributed by atoms with Gasteiger partial charge in [0.25, 0.3) is 0 Å². The lowest BCUT2D eigenvalue weighted by Gasteiger charge is -2.16. The lowest BCUT2D eigenvalue weighted by Crippen LogP contribution is -2.38. The van der Waals surface area contributed by atoms with Crippen LogP contribution >= 0.6 is 24.0 Å². The van der Waals surface area contributed by atoms with Gasteiger partial charge in [-0.3, -0.25) is 4.99 Å². The Morgan fingerprint density at radius 1 is 1.31 bits per heavy atom. The third-order valence-corrected chi connectivity index (χ3v) is 4.42. The molecule has 0 saturated carbocycles. The summed E-state index contributed by atoms with van der Waals surface area (Å²) in [5.41, 5.74) is 0.647. The molecule has 1 aromatic rings. The van der Waals surface area contributed by atoms with Gasteiger partial charge in [-0.1, -0.05) is 0 Å². The van der Waals surface area contributed by atoms with Crippen LogP contribution in [0.1, 0.15) is 31.4 Å². The lowest BCUT2D eigenvalue weighted by molar-refractivity contribution is 0.0420. The van der Waals surface area contributed by atoms with E-state index in [4.69, 9.17) is 18.9 Å². The number of benzene rings is 1. The van der Waals surface area contributed by atoms with Crippen LogP contribution in [0.3, 0.4) is 0 Å². The van der Waals surface area contributed by atoms with E-state index >= 15 is 0 Å². The van der Waals surface area contributed by atoms with E-state index in [9.17, 15) is 5.11 Å². The molecule has 166 valence electrons. The second-order valence-electron chi connectivity index (χ2n) is 6.48. The van der Waals surface area contributed by atoms with Crippen molar-refractivity contribution in [3.05, 3.63) is 23.8 Å². The van der Waals surface area contributed by atoms with Crippen LogP contribution in [0.15, 0.2) is 23.2 Å². The molecule has 0 aromatic heterocycles. The van der Waals surface area contributed by atoms with Crippen molar-refractivity contribution >= 4 is 29.9 Å². The van der Waals surface area contributed by atoms with E-state index in [1.54, 1.807) is 32.4 Å². The summed E-state index contributed by atoms with van der Waals surface area (Å²) in [5.74, 6) is 1.93. The van der Waals surface area contributed by atoms with Gasteiger partial charge in [-0.05, 0) is 38.0 Å². The molecule has 8 nitrogen and oxygen atoms in total. The average molecular weight is 523 g/mol. The monoisotopic (exact) mass is 523 g/mol. The first kappa shape index (κ1) is 25.7. The number of aliphatic hydroxyl groups excluding tert-OH is 1. The van der Waals surface area contributed by atoms with Crippen molar-refractivity contribution < 1.29 is 24.1 Å². The zero-order valence-corrected chi connectivity index (χ0v) is 19.8. The number of aliphatic imine (C=N–C) groups is 1. The van der Waals surface area contributed by atoms with Crippen molar-refractivity contribution in [3.63, 3.8) is 0 Å². The first-order chi connectivity index (χ1) is 13.7. The molecule has 3 N–H and O–H groups in total. The molecule has 0 aliphatic carbocycles. The van der Waals surface area contributed by atoms with Gasteiger partial charge < -0.3 is 34.7 Å². The maximum atomic E-state index is 10.6. The maximum Gasteiger partial charge on any atom is 0.191 e. The van der Waals surface area contributed by atoms with Crippen LogP contribution in [-0.4, -0.2) is 70.8 Å². The molecule has 9 heteroatoms. The highest BCUT2D eigenvalue weighted by Gasteiger charge is 2.16. The Hall–Kier alpha value is -1.30. The minimum absolute atomic E-state index is 0. The number of hydrogen-bond donors (Lipinski definition) is 3. The fourth-order valence-electron chi connectivity index (χ4n) is 2.89. The Bertz CT molecular complexity index is 612. The third-order valence-electron chi connectivity index (χ3n) is 4.42.